The van der Waals surface area contributed by atoms with Crippen LogP contribution in [0, 0.1) is 0 Å². The lowest BCUT2D eigenvalue weighted by Crippen LogP contribution is -2.36. The minimum atomic E-state index is -0.233. The summed E-state index contributed by atoms with van der Waals surface area (Å²) in [5.41, 5.74) is 2.15. The second-order valence-corrected chi connectivity index (χ2v) is 6.59. The monoisotopic (exact) mass is 369 g/mol. The van der Waals surface area contributed by atoms with Gasteiger partial charge in [-0.3, -0.25) is 4.79 Å². The number of unbranched alkanes of at least 4 members (excludes halogenated alkanes) is 1. The Kier molecular flexibility index (Phi) is 6.59. The van der Waals surface area contributed by atoms with E-state index in [9.17, 15) is 4.79 Å². The summed E-state index contributed by atoms with van der Waals surface area (Å²) in [6.45, 7) is 6.02. The van der Waals surface area contributed by atoms with Gasteiger partial charge >= 0.3 is 0 Å². The predicted octanol–water partition coefficient (Wildman–Crippen LogP) is 2.80. The number of morpholine rings is 1. The Bertz CT molecular complexity index is 762. The van der Waals surface area contributed by atoms with E-state index in [-0.39, 0.29) is 5.91 Å². The molecule has 0 spiro atoms. The van der Waals surface area contributed by atoms with Crippen molar-refractivity contribution >= 4 is 23.2 Å². The van der Waals surface area contributed by atoms with E-state index >= 15 is 0 Å². The van der Waals surface area contributed by atoms with Crippen LogP contribution in [0.3, 0.4) is 0 Å². The van der Waals surface area contributed by atoms with Crippen molar-refractivity contribution in [2.24, 2.45) is 0 Å². The molecule has 0 unspecified atom stereocenters. The number of anilines is 3. The van der Waals surface area contributed by atoms with Gasteiger partial charge in [-0.25, -0.2) is 9.97 Å². The van der Waals surface area contributed by atoms with Crippen LogP contribution in [0.5, 0.6) is 0 Å². The molecule has 2 aromatic rings. The van der Waals surface area contributed by atoms with Crippen molar-refractivity contribution < 1.29 is 9.53 Å². The highest BCUT2D eigenvalue weighted by molar-refractivity contribution is 6.04. The van der Waals surface area contributed by atoms with E-state index < -0.39 is 0 Å². The molecule has 0 bridgehead atoms. The fraction of sp³-hybridized carbons (Fsp3) is 0.450. The molecule has 1 aliphatic heterocycles. The average Bonchev–Trinajstić information content (AvgIpc) is 2.73. The van der Waals surface area contributed by atoms with Crippen molar-refractivity contribution in [3.05, 3.63) is 42.2 Å². The third kappa shape index (κ3) is 4.95. The first-order chi connectivity index (χ1) is 13.2. The van der Waals surface area contributed by atoms with Gasteiger partial charge in [-0.2, -0.15) is 0 Å². The second kappa shape index (κ2) is 9.32. The number of nitrogens with zero attached hydrogens (tertiary/aromatic N) is 4. The molecule has 1 aromatic heterocycles. The molecule has 0 saturated carbocycles. The van der Waals surface area contributed by atoms with E-state index in [2.05, 4.69) is 27.1 Å². The van der Waals surface area contributed by atoms with Gasteiger partial charge in [0.2, 0.25) is 5.95 Å². The number of nitrogens with one attached hydrogen (secondary N) is 1. The van der Waals surface area contributed by atoms with Gasteiger partial charge in [-0.05, 0) is 24.6 Å². The van der Waals surface area contributed by atoms with Gasteiger partial charge in [0.25, 0.3) is 5.91 Å². The lowest BCUT2D eigenvalue weighted by molar-refractivity contribution is 0.102. The summed E-state index contributed by atoms with van der Waals surface area (Å²) >= 11 is 0. The Morgan fingerprint density at radius 3 is 2.81 bits per heavy atom. The Hall–Kier alpha value is -2.67. The Balaban J connectivity index is 1.74. The SMILES string of the molecule is CCCCN(C)c1nccc(C(=O)Nc2ccccc2N2CCOCC2)n1. The van der Waals surface area contributed by atoms with E-state index in [1.54, 1.807) is 12.3 Å². The first-order valence-corrected chi connectivity index (χ1v) is 9.46. The molecule has 0 radical (unpaired) electrons. The van der Waals surface area contributed by atoms with Crippen LogP contribution in [-0.4, -0.2) is 55.8 Å². The van der Waals surface area contributed by atoms with Crippen molar-refractivity contribution in [2.75, 3.05) is 55.0 Å². The zero-order chi connectivity index (χ0) is 19.1. The number of hydrogen-bond acceptors (Lipinski definition) is 6. The minimum Gasteiger partial charge on any atom is -0.378 e. The third-order valence-electron chi connectivity index (χ3n) is 4.57. The van der Waals surface area contributed by atoms with Crippen LogP contribution in [0.25, 0.3) is 0 Å². The van der Waals surface area contributed by atoms with E-state index in [0.717, 1.165) is 43.9 Å². The highest BCUT2D eigenvalue weighted by Gasteiger charge is 2.17. The number of hydrogen-bond donors (Lipinski definition) is 1. The first kappa shape index (κ1) is 19.1. The molecule has 1 N–H and O–H groups in total. The predicted molar refractivity (Wildman–Crippen MR) is 108 cm³/mol. The number of carbonyl (C=O) groups is 1. The lowest BCUT2D eigenvalue weighted by Gasteiger charge is -2.30. The molecule has 1 amide bonds. The number of ether oxygens (including phenoxy) is 1. The maximum absolute atomic E-state index is 12.8. The van der Waals surface area contributed by atoms with Crippen LogP contribution in [-0.2, 0) is 4.74 Å². The highest BCUT2D eigenvalue weighted by Crippen LogP contribution is 2.26. The molecule has 0 aliphatic carbocycles. The fourth-order valence-corrected chi connectivity index (χ4v) is 3.00. The van der Waals surface area contributed by atoms with Crippen LogP contribution in [0.1, 0.15) is 30.3 Å². The summed E-state index contributed by atoms with van der Waals surface area (Å²) < 4.78 is 5.42. The van der Waals surface area contributed by atoms with E-state index in [0.29, 0.717) is 24.9 Å². The van der Waals surface area contributed by atoms with Crippen LogP contribution in [0.4, 0.5) is 17.3 Å². The van der Waals surface area contributed by atoms with Crippen molar-refractivity contribution in [1.82, 2.24) is 9.97 Å². The summed E-state index contributed by atoms with van der Waals surface area (Å²) in [4.78, 5) is 25.7. The summed E-state index contributed by atoms with van der Waals surface area (Å²) in [6, 6.07) is 9.47. The summed E-state index contributed by atoms with van der Waals surface area (Å²) in [6.07, 6.45) is 3.79. The summed E-state index contributed by atoms with van der Waals surface area (Å²) in [7, 11) is 1.94. The van der Waals surface area contributed by atoms with Gasteiger partial charge in [-0.15, -0.1) is 0 Å². The van der Waals surface area contributed by atoms with Gasteiger partial charge in [0.1, 0.15) is 5.69 Å². The van der Waals surface area contributed by atoms with E-state index in [4.69, 9.17) is 4.74 Å². The van der Waals surface area contributed by atoms with Gasteiger partial charge in [0, 0.05) is 32.9 Å². The third-order valence-corrected chi connectivity index (χ3v) is 4.57. The topological polar surface area (TPSA) is 70.6 Å². The lowest BCUT2D eigenvalue weighted by atomic mass is 10.2. The molecule has 1 aliphatic rings. The number of rotatable bonds is 7. The van der Waals surface area contributed by atoms with Crippen LogP contribution >= 0.6 is 0 Å². The van der Waals surface area contributed by atoms with Crippen LogP contribution < -0.4 is 15.1 Å². The Labute approximate surface area is 160 Å². The molecule has 1 saturated heterocycles. The summed E-state index contributed by atoms with van der Waals surface area (Å²) in [5, 5.41) is 3.00. The van der Waals surface area contributed by atoms with E-state index in [1.807, 2.05) is 36.2 Å². The van der Waals surface area contributed by atoms with Crippen molar-refractivity contribution in [1.29, 1.82) is 0 Å². The highest BCUT2D eigenvalue weighted by atomic mass is 16.5. The quantitative estimate of drug-likeness (QED) is 0.809. The largest absolute Gasteiger partial charge is 0.378 e. The summed E-state index contributed by atoms with van der Waals surface area (Å²) in [5.74, 6) is 0.334. The number of para-hydroxylation sites is 2. The second-order valence-electron chi connectivity index (χ2n) is 6.59. The maximum Gasteiger partial charge on any atom is 0.274 e. The van der Waals surface area contributed by atoms with Gasteiger partial charge in [0.15, 0.2) is 0 Å². The smallest absolute Gasteiger partial charge is 0.274 e. The Morgan fingerprint density at radius 1 is 1.26 bits per heavy atom. The molecule has 27 heavy (non-hydrogen) atoms. The van der Waals surface area contributed by atoms with Crippen LogP contribution in [0.15, 0.2) is 36.5 Å². The minimum absolute atomic E-state index is 0.233. The van der Waals surface area contributed by atoms with Gasteiger partial charge in [-0.1, -0.05) is 25.5 Å². The molecule has 1 fully saturated rings. The zero-order valence-corrected chi connectivity index (χ0v) is 16.0. The van der Waals surface area contributed by atoms with Gasteiger partial charge in [0.05, 0.1) is 24.6 Å². The fourth-order valence-electron chi connectivity index (χ4n) is 3.00. The molecule has 7 nitrogen and oxygen atoms in total. The molecule has 3 rings (SSSR count). The molecule has 7 heteroatoms. The molecule has 144 valence electrons. The number of carbonyl (C=O) groups excluding carboxylic acids is 1. The normalized spacial score (nSPS) is 14.1. The molecular weight excluding hydrogens is 342 g/mol. The van der Waals surface area contributed by atoms with Crippen molar-refractivity contribution in [2.45, 2.75) is 19.8 Å². The molecule has 1 aromatic carbocycles. The van der Waals surface area contributed by atoms with Gasteiger partial charge < -0.3 is 19.9 Å². The maximum atomic E-state index is 12.8. The zero-order valence-electron chi connectivity index (χ0n) is 16.0. The van der Waals surface area contributed by atoms with Crippen molar-refractivity contribution in [3.8, 4) is 0 Å². The number of aromatic nitrogens is 2. The molecule has 2 heterocycles. The first-order valence-electron chi connectivity index (χ1n) is 9.46. The molecular formula is C20H27N5O2. The van der Waals surface area contributed by atoms with Crippen LogP contribution in [0.2, 0.25) is 0 Å². The van der Waals surface area contributed by atoms with Crippen molar-refractivity contribution in [3.63, 3.8) is 0 Å². The standard InChI is InChI=1S/C20H27N5O2/c1-3-4-11-24(2)20-21-10-9-17(23-20)19(26)22-16-7-5-6-8-18(16)25-12-14-27-15-13-25/h5-10H,3-4,11-15H2,1-2H3,(H,22,26). The van der Waals surface area contributed by atoms with E-state index in [1.165, 1.54) is 0 Å². The average molecular weight is 369 g/mol. The molecule has 0 atom stereocenters. The Morgan fingerprint density at radius 2 is 2.04 bits per heavy atom. The number of benzene rings is 1. The number of amides is 1.